The highest BCUT2D eigenvalue weighted by Crippen LogP contribution is 2.10. The summed E-state index contributed by atoms with van der Waals surface area (Å²) < 4.78 is 2.18. The molecule has 0 atom stereocenters. The van der Waals surface area contributed by atoms with E-state index < -0.39 is 0 Å². The van der Waals surface area contributed by atoms with Crippen molar-refractivity contribution in [3.63, 3.8) is 0 Å². The summed E-state index contributed by atoms with van der Waals surface area (Å²) in [6, 6.07) is 8.41. The molecule has 2 rings (SSSR count). The molecule has 0 unspecified atom stereocenters. The van der Waals surface area contributed by atoms with E-state index in [1.807, 2.05) is 6.08 Å². The van der Waals surface area contributed by atoms with E-state index in [1.54, 1.807) is 0 Å². The Hall–Kier alpha value is -1.03. The van der Waals surface area contributed by atoms with Crippen LogP contribution in [0, 0.1) is 0 Å². The van der Waals surface area contributed by atoms with E-state index in [9.17, 15) is 0 Å². The fraction of sp³-hybridized carbons (Fsp3) is 0.0769. The molecule has 1 aromatic carbocycles. The predicted molar refractivity (Wildman–Crippen MR) is 75.4 cm³/mol. The second kappa shape index (κ2) is 4.23. The highest BCUT2D eigenvalue weighted by Gasteiger charge is 2.02. The molecule has 0 aliphatic rings. The van der Waals surface area contributed by atoms with Crippen LogP contribution < -0.4 is 10.6 Å². The number of nitrogens with zero attached hydrogens (tertiary/aromatic N) is 1. The fourth-order valence-corrected chi connectivity index (χ4v) is 2.77. The molecule has 1 nitrogen and oxygen atoms in total. The molecule has 76 valence electrons. The lowest BCUT2D eigenvalue weighted by Crippen LogP contribution is -2.24. The molecule has 0 radical (unpaired) electrons. The number of para-hydroxylation sites is 1. The molecule has 0 aliphatic heterocycles. The molecule has 0 saturated carbocycles. The van der Waals surface area contributed by atoms with Gasteiger partial charge in [-0.1, -0.05) is 43.0 Å². The SMILES string of the molecule is C=C/C=c1\c(=C/C)n(I)c2ccccc12. The molecule has 0 aliphatic carbocycles. The fourth-order valence-electron chi connectivity index (χ4n) is 1.81. The Morgan fingerprint density at radius 3 is 2.73 bits per heavy atom. The van der Waals surface area contributed by atoms with Gasteiger partial charge < -0.3 is 0 Å². The molecule has 0 saturated heterocycles. The summed E-state index contributed by atoms with van der Waals surface area (Å²) in [6.07, 6.45) is 6.03. The average Bonchev–Trinajstić information content (AvgIpc) is 2.54. The monoisotopic (exact) mass is 309 g/mol. The molecule has 0 spiro atoms. The Bertz CT molecular complexity index is 620. The number of aromatic nitrogens is 1. The second-order valence-electron chi connectivity index (χ2n) is 3.29. The summed E-state index contributed by atoms with van der Waals surface area (Å²) in [5.41, 5.74) is 1.25. The smallest absolute Gasteiger partial charge is 0.0646 e. The first-order valence-corrected chi connectivity index (χ1v) is 5.80. The Morgan fingerprint density at radius 1 is 1.33 bits per heavy atom. The Morgan fingerprint density at radius 2 is 2.07 bits per heavy atom. The summed E-state index contributed by atoms with van der Waals surface area (Å²) in [4.78, 5) is 0. The quantitative estimate of drug-likeness (QED) is 0.714. The number of hydrogen-bond donors (Lipinski definition) is 0. The highest BCUT2D eigenvalue weighted by molar-refractivity contribution is 14.1. The van der Waals surface area contributed by atoms with Crippen molar-refractivity contribution in [2.75, 3.05) is 0 Å². The van der Waals surface area contributed by atoms with Crippen molar-refractivity contribution in [2.24, 2.45) is 0 Å². The lowest BCUT2D eigenvalue weighted by Gasteiger charge is -1.91. The van der Waals surface area contributed by atoms with Crippen LogP contribution >= 0.6 is 22.9 Å². The van der Waals surface area contributed by atoms with E-state index in [1.165, 1.54) is 21.5 Å². The number of benzene rings is 1. The van der Waals surface area contributed by atoms with Crippen LogP contribution in [0.5, 0.6) is 0 Å². The number of fused-ring (bicyclic) bond motifs is 1. The summed E-state index contributed by atoms with van der Waals surface area (Å²) in [5, 5.41) is 3.76. The van der Waals surface area contributed by atoms with Crippen molar-refractivity contribution in [1.82, 2.24) is 2.78 Å². The Labute approximate surface area is 103 Å². The number of hydrogen-bond acceptors (Lipinski definition) is 0. The summed E-state index contributed by atoms with van der Waals surface area (Å²) >= 11 is 2.33. The summed E-state index contributed by atoms with van der Waals surface area (Å²) in [5.74, 6) is 0. The zero-order valence-electron chi connectivity index (χ0n) is 8.57. The van der Waals surface area contributed by atoms with E-state index >= 15 is 0 Å². The molecule has 1 heterocycles. The van der Waals surface area contributed by atoms with Gasteiger partial charge in [0.2, 0.25) is 0 Å². The van der Waals surface area contributed by atoms with Crippen LogP contribution in [0.3, 0.4) is 0 Å². The van der Waals surface area contributed by atoms with E-state index in [-0.39, 0.29) is 0 Å². The van der Waals surface area contributed by atoms with E-state index in [0.29, 0.717) is 0 Å². The van der Waals surface area contributed by atoms with Crippen molar-refractivity contribution in [2.45, 2.75) is 6.92 Å². The maximum atomic E-state index is 3.77. The molecular weight excluding hydrogens is 297 g/mol. The Balaban J connectivity index is 3.13. The molecule has 1 aromatic heterocycles. The van der Waals surface area contributed by atoms with Crippen LogP contribution in [-0.4, -0.2) is 2.78 Å². The summed E-state index contributed by atoms with van der Waals surface area (Å²) in [7, 11) is 0. The molecule has 2 heteroatoms. The molecule has 0 amide bonds. The van der Waals surface area contributed by atoms with Gasteiger partial charge in [0.25, 0.3) is 0 Å². The van der Waals surface area contributed by atoms with Gasteiger partial charge in [0.1, 0.15) is 0 Å². The minimum Gasteiger partial charge on any atom is -0.282 e. The molecular formula is C13H12IN. The lowest BCUT2D eigenvalue weighted by atomic mass is 10.2. The molecule has 15 heavy (non-hydrogen) atoms. The topological polar surface area (TPSA) is 4.93 Å². The van der Waals surface area contributed by atoms with Crippen LogP contribution in [0.2, 0.25) is 0 Å². The van der Waals surface area contributed by atoms with Crippen LogP contribution in [-0.2, 0) is 0 Å². The largest absolute Gasteiger partial charge is 0.282 e. The van der Waals surface area contributed by atoms with Crippen LogP contribution in [0.15, 0.2) is 36.9 Å². The van der Waals surface area contributed by atoms with Crippen LogP contribution in [0.25, 0.3) is 23.1 Å². The number of halogens is 1. The lowest BCUT2D eigenvalue weighted by molar-refractivity contribution is 1.31. The van der Waals surface area contributed by atoms with Crippen LogP contribution in [0.4, 0.5) is 0 Å². The second-order valence-corrected chi connectivity index (χ2v) is 4.25. The normalized spacial score (nSPS) is 13.7. The zero-order valence-corrected chi connectivity index (χ0v) is 10.7. The van der Waals surface area contributed by atoms with Gasteiger partial charge >= 0.3 is 0 Å². The van der Waals surface area contributed by atoms with E-state index in [2.05, 4.69) is 75.6 Å². The van der Waals surface area contributed by atoms with Gasteiger partial charge in [-0.05, 0) is 13.0 Å². The van der Waals surface area contributed by atoms with Crippen molar-refractivity contribution >= 4 is 45.9 Å². The van der Waals surface area contributed by atoms with Gasteiger partial charge in [0, 0.05) is 10.6 Å². The van der Waals surface area contributed by atoms with Gasteiger partial charge in [-0.25, -0.2) is 0 Å². The summed E-state index contributed by atoms with van der Waals surface area (Å²) in [6.45, 7) is 5.83. The highest BCUT2D eigenvalue weighted by atomic mass is 127. The molecule has 0 fully saturated rings. The van der Waals surface area contributed by atoms with Gasteiger partial charge in [-0.15, -0.1) is 0 Å². The molecule has 2 aromatic rings. The maximum Gasteiger partial charge on any atom is 0.0646 e. The third kappa shape index (κ3) is 1.63. The maximum absolute atomic E-state index is 3.77. The first kappa shape index (κ1) is 10.5. The molecule has 0 N–H and O–H groups in total. The van der Waals surface area contributed by atoms with E-state index in [4.69, 9.17) is 0 Å². The third-order valence-corrected chi connectivity index (χ3v) is 3.49. The van der Waals surface area contributed by atoms with Crippen molar-refractivity contribution in [1.29, 1.82) is 0 Å². The van der Waals surface area contributed by atoms with Gasteiger partial charge in [-0.3, -0.25) is 2.78 Å². The van der Waals surface area contributed by atoms with Gasteiger partial charge in [0.15, 0.2) is 0 Å². The number of rotatable bonds is 1. The van der Waals surface area contributed by atoms with E-state index in [0.717, 1.165) is 0 Å². The zero-order chi connectivity index (χ0) is 10.8. The van der Waals surface area contributed by atoms with Crippen LogP contribution in [0.1, 0.15) is 6.92 Å². The third-order valence-electron chi connectivity index (χ3n) is 2.45. The van der Waals surface area contributed by atoms with Crippen molar-refractivity contribution < 1.29 is 0 Å². The van der Waals surface area contributed by atoms with Crippen molar-refractivity contribution in [3.8, 4) is 0 Å². The standard InChI is InChI=1S/C13H12IN/c1-3-7-10-11-8-5-6-9-13(11)15(14)12(10)4-2/h3-9H,1H2,2H3/b10-7-,12-4+. The Kier molecular flexibility index (Phi) is 2.95. The predicted octanol–water partition coefficient (Wildman–Crippen LogP) is 2.61. The van der Waals surface area contributed by atoms with Crippen molar-refractivity contribution in [3.05, 3.63) is 47.5 Å². The average molecular weight is 309 g/mol. The van der Waals surface area contributed by atoms with Gasteiger partial charge in [0.05, 0.1) is 33.7 Å². The first-order chi connectivity index (χ1) is 7.29. The minimum atomic E-state index is 1.23. The van der Waals surface area contributed by atoms with Gasteiger partial charge in [-0.2, -0.15) is 0 Å². The number of allylic oxidation sites excluding steroid dienone is 1. The molecule has 0 bridgehead atoms. The minimum absolute atomic E-state index is 1.23. The first-order valence-electron chi connectivity index (χ1n) is 4.84.